The number of amides is 1. The minimum absolute atomic E-state index is 0.0677. The van der Waals surface area contributed by atoms with Crippen molar-refractivity contribution in [2.45, 2.75) is 19.9 Å². The van der Waals surface area contributed by atoms with Crippen LogP contribution in [0, 0.1) is 5.82 Å². The van der Waals surface area contributed by atoms with Gasteiger partial charge in [0, 0.05) is 32.2 Å². The van der Waals surface area contributed by atoms with E-state index in [-0.39, 0.29) is 11.7 Å². The zero-order chi connectivity index (χ0) is 18.8. The quantitative estimate of drug-likeness (QED) is 0.527. The summed E-state index contributed by atoms with van der Waals surface area (Å²) in [7, 11) is 1.70. The number of rotatable bonds is 7. The molecule has 0 unspecified atom stereocenters. The largest absolute Gasteiger partial charge is 0.356 e. The van der Waals surface area contributed by atoms with Gasteiger partial charge in [-0.1, -0.05) is 24.3 Å². The molecule has 0 saturated carbocycles. The van der Waals surface area contributed by atoms with E-state index in [0.29, 0.717) is 37.6 Å². The SMILES string of the molecule is CCNC(=O)c1ccc(CNC(=NC)NCCc2cccc(F)c2)cc1. The molecular formula is C20H25FN4O. The van der Waals surface area contributed by atoms with E-state index in [1.54, 1.807) is 13.1 Å². The van der Waals surface area contributed by atoms with Gasteiger partial charge >= 0.3 is 0 Å². The molecule has 0 fully saturated rings. The molecule has 3 N–H and O–H groups in total. The number of nitrogens with one attached hydrogen (secondary N) is 3. The van der Waals surface area contributed by atoms with Crippen molar-refractivity contribution in [3.05, 3.63) is 71.0 Å². The van der Waals surface area contributed by atoms with Crippen LogP contribution in [0.4, 0.5) is 4.39 Å². The van der Waals surface area contributed by atoms with Gasteiger partial charge in [-0.15, -0.1) is 0 Å². The van der Waals surface area contributed by atoms with Gasteiger partial charge in [0.05, 0.1) is 0 Å². The first-order valence-corrected chi connectivity index (χ1v) is 8.68. The molecule has 0 bridgehead atoms. The molecule has 0 saturated heterocycles. The molecule has 1 amide bonds. The molecule has 0 heterocycles. The molecular weight excluding hydrogens is 331 g/mol. The van der Waals surface area contributed by atoms with Crippen molar-refractivity contribution < 1.29 is 9.18 Å². The molecule has 138 valence electrons. The molecule has 0 spiro atoms. The summed E-state index contributed by atoms with van der Waals surface area (Å²) in [5.41, 5.74) is 2.63. The van der Waals surface area contributed by atoms with Crippen molar-refractivity contribution in [2.75, 3.05) is 20.1 Å². The van der Waals surface area contributed by atoms with Crippen LogP contribution in [0.5, 0.6) is 0 Å². The lowest BCUT2D eigenvalue weighted by Gasteiger charge is -2.12. The summed E-state index contributed by atoms with van der Waals surface area (Å²) < 4.78 is 13.2. The molecule has 0 radical (unpaired) electrons. The van der Waals surface area contributed by atoms with Crippen LogP contribution >= 0.6 is 0 Å². The fourth-order valence-electron chi connectivity index (χ4n) is 2.46. The molecule has 26 heavy (non-hydrogen) atoms. The van der Waals surface area contributed by atoms with Crippen molar-refractivity contribution in [1.82, 2.24) is 16.0 Å². The Balaban J connectivity index is 1.78. The number of aliphatic imine (C=N–C) groups is 1. The number of halogens is 1. The highest BCUT2D eigenvalue weighted by Crippen LogP contribution is 2.05. The predicted molar refractivity (Wildman–Crippen MR) is 103 cm³/mol. The maximum Gasteiger partial charge on any atom is 0.251 e. The first-order chi connectivity index (χ1) is 12.6. The van der Waals surface area contributed by atoms with Crippen LogP contribution in [0.25, 0.3) is 0 Å². The molecule has 0 aromatic heterocycles. The highest BCUT2D eigenvalue weighted by Gasteiger charge is 2.04. The number of benzene rings is 2. The maximum absolute atomic E-state index is 13.2. The molecule has 0 aliphatic heterocycles. The average molecular weight is 356 g/mol. The monoisotopic (exact) mass is 356 g/mol. The topological polar surface area (TPSA) is 65.5 Å². The van der Waals surface area contributed by atoms with Gasteiger partial charge in [0.25, 0.3) is 5.91 Å². The van der Waals surface area contributed by atoms with Gasteiger partial charge in [-0.25, -0.2) is 4.39 Å². The molecule has 2 rings (SSSR count). The number of hydrogen-bond donors (Lipinski definition) is 3. The Hall–Kier alpha value is -2.89. The number of hydrogen-bond acceptors (Lipinski definition) is 2. The summed E-state index contributed by atoms with van der Waals surface area (Å²) in [6.45, 7) is 3.75. The number of nitrogens with zero attached hydrogens (tertiary/aromatic N) is 1. The van der Waals surface area contributed by atoms with Crippen LogP contribution in [0.2, 0.25) is 0 Å². The van der Waals surface area contributed by atoms with Crippen LogP contribution in [-0.4, -0.2) is 32.0 Å². The smallest absolute Gasteiger partial charge is 0.251 e. The van der Waals surface area contributed by atoms with Gasteiger partial charge in [0.2, 0.25) is 0 Å². The average Bonchev–Trinajstić information content (AvgIpc) is 2.65. The van der Waals surface area contributed by atoms with E-state index in [2.05, 4.69) is 20.9 Å². The Morgan fingerprint density at radius 3 is 2.46 bits per heavy atom. The lowest BCUT2D eigenvalue weighted by molar-refractivity contribution is 0.0956. The van der Waals surface area contributed by atoms with E-state index >= 15 is 0 Å². The summed E-state index contributed by atoms with van der Waals surface area (Å²) in [5.74, 6) is 0.386. The summed E-state index contributed by atoms with van der Waals surface area (Å²) in [6.07, 6.45) is 0.708. The van der Waals surface area contributed by atoms with Crippen molar-refractivity contribution in [3.8, 4) is 0 Å². The van der Waals surface area contributed by atoms with Crippen LogP contribution in [0.15, 0.2) is 53.5 Å². The Bertz CT molecular complexity index is 744. The van der Waals surface area contributed by atoms with E-state index in [1.807, 2.05) is 37.3 Å². The second-order valence-corrected chi connectivity index (χ2v) is 5.79. The molecule has 0 atom stereocenters. The minimum atomic E-state index is -0.221. The van der Waals surface area contributed by atoms with E-state index in [4.69, 9.17) is 0 Å². The molecule has 2 aromatic carbocycles. The van der Waals surface area contributed by atoms with Gasteiger partial charge < -0.3 is 16.0 Å². The minimum Gasteiger partial charge on any atom is -0.356 e. The zero-order valence-corrected chi connectivity index (χ0v) is 15.2. The third-order valence-electron chi connectivity index (χ3n) is 3.83. The summed E-state index contributed by atoms with van der Waals surface area (Å²) in [4.78, 5) is 15.9. The zero-order valence-electron chi connectivity index (χ0n) is 15.2. The number of guanidine groups is 1. The van der Waals surface area contributed by atoms with Crippen molar-refractivity contribution in [2.24, 2.45) is 4.99 Å². The first-order valence-electron chi connectivity index (χ1n) is 8.68. The molecule has 2 aromatic rings. The van der Waals surface area contributed by atoms with Crippen LogP contribution in [-0.2, 0) is 13.0 Å². The molecule has 0 aliphatic rings. The second kappa shape index (κ2) is 10.2. The lowest BCUT2D eigenvalue weighted by Crippen LogP contribution is -2.37. The highest BCUT2D eigenvalue weighted by atomic mass is 19.1. The standard InChI is InChI=1S/C20H25FN4O/c1-3-23-19(26)17-9-7-16(8-10-17)14-25-20(22-2)24-12-11-15-5-4-6-18(21)13-15/h4-10,13H,3,11-12,14H2,1-2H3,(H,23,26)(H2,22,24,25). The third kappa shape index (κ3) is 6.20. The summed E-state index contributed by atoms with van der Waals surface area (Å²) >= 11 is 0. The Kier molecular flexibility index (Phi) is 7.61. The number of carbonyl (C=O) groups is 1. The third-order valence-corrected chi connectivity index (χ3v) is 3.83. The normalized spacial score (nSPS) is 11.1. The van der Waals surface area contributed by atoms with E-state index in [0.717, 1.165) is 11.1 Å². The highest BCUT2D eigenvalue weighted by molar-refractivity contribution is 5.94. The van der Waals surface area contributed by atoms with E-state index < -0.39 is 0 Å². The fourth-order valence-corrected chi connectivity index (χ4v) is 2.46. The fraction of sp³-hybridized carbons (Fsp3) is 0.300. The number of carbonyl (C=O) groups excluding carboxylic acids is 1. The summed E-state index contributed by atoms with van der Waals surface area (Å²) in [6, 6.07) is 14.0. The summed E-state index contributed by atoms with van der Waals surface area (Å²) in [5, 5.41) is 9.20. The Morgan fingerprint density at radius 2 is 1.81 bits per heavy atom. The Morgan fingerprint density at radius 1 is 1.04 bits per heavy atom. The van der Waals surface area contributed by atoms with Gasteiger partial charge in [-0.05, 0) is 48.7 Å². The van der Waals surface area contributed by atoms with Gasteiger partial charge in [0.1, 0.15) is 5.82 Å². The van der Waals surface area contributed by atoms with Crippen LogP contribution < -0.4 is 16.0 Å². The first kappa shape index (κ1) is 19.4. The van der Waals surface area contributed by atoms with Gasteiger partial charge in [-0.3, -0.25) is 9.79 Å². The van der Waals surface area contributed by atoms with Crippen molar-refractivity contribution >= 4 is 11.9 Å². The molecule has 5 nitrogen and oxygen atoms in total. The van der Waals surface area contributed by atoms with Crippen LogP contribution in [0.1, 0.15) is 28.4 Å². The Labute approximate surface area is 153 Å². The second-order valence-electron chi connectivity index (χ2n) is 5.79. The van der Waals surface area contributed by atoms with Crippen molar-refractivity contribution in [1.29, 1.82) is 0 Å². The van der Waals surface area contributed by atoms with Gasteiger partial charge in [-0.2, -0.15) is 0 Å². The lowest BCUT2D eigenvalue weighted by atomic mass is 10.1. The molecule has 0 aliphatic carbocycles. The van der Waals surface area contributed by atoms with Crippen molar-refractivity contribution in [3.63, 3.8) is 0 Å². The molecule has 6 heteroatoms. The van der Waals surface area contributed by atoms with Gasteiger partial charge in [0.15, 0.2) is 5.96 Å². The van der Waals surface area contributed by atoms with Crippen LogP contribution in [0.3, 0.4) is 0 Å². The maximum atomic E-state index is 13.2. The predicted octanol–water partition coefficient (Wildman–Crippen LogP) is 2.48. The van der Waals surface area contributed by atoms with E-state index in [1.165, 1.54) is 12.1 Å². The van der Waals surface area contributed by atoms with E-state index in [9.17, 15) is 9.18 Å².